The summed E-state index contributed by atoms with van der Waals surface area (Å²) in [4.78, 5) is 24.4. The Hall–Kier alpha value is -2.98. The van der Waals surface area contributed by atoms with E-state index >= 15 is 0 Å². The predicted molar refractivity (Wildman–Crippen MR) is 180 cm³/mol. The number of amides is 1. The zero-order valence-electron chi connectivity index (χ0n) is 28.6. The fourth-order valence-electron chi connectivity index (χ4n) is 7.86. The van der Waals surface area contributed by atoms with Crippen molar-refractivity contribution in [3.8, 4) is 11.6 Å². The summed E-state index contributed by atoms with van der Waals surface area (Å²) in [6.07, 6.45) is 6.01. The second kappa shape index (κ2) is 14.1. The molecule has 13 nitrogen and oxygen atoms in total. The summed E-state index contributed by atoms with van der Waals surface area (Å²) in [7, 11) is -3.42. The topological polar surface area (TPSA) is 141 Å². The number of aromatic nitrogens is 3. The van der Waals surface area contributed by atoms with Crippen LogP contribution in [-0.4, -0.2) is 125 Å². The minimum atomic E-state index is -3.42. The molecule has 1 aromatic carbocycles. The lowest BCUT2D eigenvalue weighted by molar-refractivity contribution is 0.0607. The molecule has 0 saturated carbocycles. The van der Waals surface area contributed by atoms with E-state index in [1.165, 1.54) is 24.5 Å². The molecule has 1 atom stereocenters. The van der Waals surface area contributed by atoms with Gasteiger partial charge in [0.2, 0.25) is 0 Å². The van der Waals surface area contributed by atoms with Crippen molar-refractivity contribution < 1.29 is 22.3 Å². The average Bonchev–Trinajstić information content (AvgIpc) is 3.49. The van der Waals surface area contributed by atoms with E-state index in [-0.39, 0.29) is 46.6 Å². The smallest absolute Gasteiger partial charge is 0.282 e. The van der Waals surface area contributed by atoms with Gasteiger partial charge in [0.1, 0.15) is 17.9 Å². The van der Waals surface area contributed by atoms with Gasteiger partial charge in [-0.05, 0) is 97.0 Å². The Balaban J connectivity index is 1.02. The number of hydrogen-bond donors (Lipinski definition) is 1. The first-order chi connectivity index (χ1) is 22.8. The average molecular weight is 688 g/mol. The van der Waals surface area contributed by atoms with Gasteiger partial charge in [-0.3, -0.25) is 4.79 Å². The number of halogens is 1. The third kappa shape index (κ3) is 7.30. The second-order valence-electron chi connectivity index (χ2n) is 14.6. The zero-order valence-corrected chi connectivity index (χ0v) is 29.4. The van der Waals surface area contributed by atoms with Gasteiger partial charge in [0.15, 0.2) is 5.82 Å². The standard InChI is InChI=1S/C33H50FN9O4S/c1-23(2)43(24(3)4)32(44)28-17-26(34)5-6-29(28)47-31-30(36-22-37-38-31)40-20-33(21-40)10-15-39(16-11-33)18-25-7-12-41(13-8-25)48(45,46)42-14-9-27(35)19-42/h5-6,17,22-25,27H,7-16,18-21,35H2,1-4H3/t27-/m1/s1. The van der Waals surface area contributed by atoms with Crippen molar-refractivity contribution in [2.24, 2.45) is 17.1 Å². The molecule has 0 bridgehead atoms. The van der Waals surface area contributed by atoms with Gasteiger partial charge < -0.3 is 25.2 Å². The summed E-state index contributed by atoms with van der Waals surface area (Å²) in [6, 6.07) is 3.71. The van der Waals surface area contributed by atoms with E-state index in [9.17, 15) is 17.6 Å². The van der Waals surface area contributed by atoms with Gasteiger partial charge in [0.25, 0.3) is 22.0 Å². The van der Waals surface area contributed by atoms with E-state index in [0.29, 0.717) is 37.9 Å². The van der Waals surface area contributed by atoms with Crippen LogP contribution in [-0.2, 0) is 10.2 Å². The fourth-order valence-corrected chi connectivity index (χ4v) is 9.58. The number of anilines is 1. The first-order valence-electron chi connectivity index (χ1n) is 17.3. The highest BCUT2D eigenvalue weighted by Gasteiger charge is 2.47. The molecule has 5 heterocycles. The van der Waals surface area contributed by atoms with E-state index in [4.69, 9.17) is 10.5 Å². The molecule has 2 aromatic rings. The molecular formula is C33H50FN9O4S. The molecule has 4 aliphatic rings. The van der Waals surface area contributed by atoms with Crippen LogP contribution in [0, 0.1) is 17.2 Å². The number of nitrogens with zero attached hydrogens (tertiary/aromatic N) is 8. The Bertz CT molecular complexity index is 1550. The highest BCUT2D eigenvalue weighted by molar-refractivity contribution is 7.86. The molecule has 6 rings (SSSR count). The van der Waals surface area contributed by atoms with Crippen molar-refractivity contribution in [3.63, 3.8) is 0 Å². The van der Waals surface area contributed by atoms with Gasteiger partial charge >= 0.3 is 0 Å². The summed E-state index contributed by atoms with van der Waals surface area (Å²) < 4.78 is 49.8. The summed E-state index contributed by atoms with van der Waals surface area (Å²) in [5.74, 6) is 0.615. The first kappa shape index (κ1) is 34.9. The summed E-state index contributed by atoms with van der Waals surface area (Å²) in [5, 5.41) is 8.16. The molecular weight excluding hydrogens is 637 g/mol. The van der Waals surface area contributed by atoms with Crippen molar-refractivity contribution in [1.29, 1.82) is 0 Å². The Morgan fingerprint density at radius 2 is 1.71 bits per heavy atom. The molecule has 0 radical (unpaired) electrons. The van der Waals surface area contributed by atoms with Crippen LogP contribution in [0.3, 0.4) is 0 Å². The second-order valence-corrected chi connectivity index (χ2v) is 16.6. The van der Waals surface area contributed by atoms with Crippen LogP contribution in [0.4, 0.5) is 10.2 Å². The third-order valence-corrected chi connectivity index (χ3v) is 12.5. The molecule has 48 heavy (non-hydrogen) atoms. The Morgan fingerprint density at radius 1 is 1.04 bits per heavy atom. The van der Waals surface area contributed by atoms with Crippen LogP contribution < -0.4 is 15.4 Å². The Morgan fingerprint density at radius 3 is 2.33 bits per heavy atom. The zero-order chi connectivity index (χ0) is 34.2. The number of rotatable bonds is 10. The predicted octanol–water partition coefficient (Wildman–Crippen LogP) is 2.95. The molecule has 1 aromatic heterocycles. The van der Waals surface area contributed by atoms with Gasteiger partial charge in [-0.25, -0.2) is 9.37 Å². The van der Waals surface area contributed by atoms with Crippen LogP contribution in [0.2, 0.25) is 0 Å². The van der Waals surface area contributed by atoms with Crippen molar-refractivity contribution >= 4 is 21.9 Å². The van der Waals surface area contributed by atoms with Crippen LogP contribution >= 0.6 is 0 Å². The first-order valence-corrected chi connectivity index (χ1v) is 18.7. The summed E-state index contributed by atoms with van der Waals surface area (Å²) in [5.41, 5.74) is 6.26. The number of likely N-dealkylation sites (tertiary alicyclic amines) is 1. The van der Waals surface area contributed by atoms with Gasteiger partial charge in [0.05, 0.1) is 5.56 Å². The lowest BCUT2D eigenvalue weighted by Crippen LogP contribution is -2.61. The minimum absolute atomic E-state index is 0.0622. The molecule has 0 unspecified atom stereocenters. The number of hydrogen-bond acceptors (Lipinski definition) is 10. The molecule has 4 fully saturated rings. The number of nitrogens with two attached hydrogens (primary N) is 1. The largest absolute Gasteiger partial charge is 0.434 e. The van der Waals surface area contributed by atoms with Crippen LogP contribution in [0.1, 0.15) is 70.2 Å². The van der Waals surface area contributed by atoms with Crippen LogP contribution in [0.5, 0.6) is 11.6 Å². The third-order valence-electron chi connectivity index (χ3n) is 10.5. The maximum atomic E-state index is 14.4. The van der Waals surface area contributed by atoms with Crippen molar-refractivity contribution in [2.45, 2.75) is 77.9 Å². The van der Waals surface area contributed by atoms with Gasteiger partial charge in [-0.15, -0.1) is 10.2 Å². The summed E-state index contributed by atoms with van der Waals surface area (Å²) >= 11 is 0. The van der Waals surface area contributed by atoms with E-state index in [0.717, 1.165) is 64.8 Å². The highest BCUT2D eigenvalue weighted by atomic mass is 32.2. The SMILES string of the molecule is CC(C)N(C(=O)c1cc(F)ccc1Oc1nncnc1N1CC2(CCN(CC3CCN(S(=O)(=O)N4CC[C@@H](N)C4)CC3)CC2)C1)C(C)C. The maximum Gasteiger partial charge on any atom is 0.282 e. The Labute approximate surface area is 283 Å². The van der Waals surface area contributed by atoms with Crippen LogP contribution in [0.15, 0.2) is 24.5 Å². The number of carbonyl (C=O) groups excluding carboxylic acids is 1. The Kier molecular flexibility index (Phi) is 10.2. The van der Waals surface area contributed by atoms with Gasteiger partial charge in [-0.1, -0.05) is 0 Å². The van der Waals surface area contributed by atoms with Crippen molar-refractivity contribution in [3.05, 3.63) is 35.9 Å². The van der Waals surface area contributed by atoms with Gasteiger partial charge in [0, 0.05) is 69.4 Å². The van der Waals surface area contributed by atoms with E-state index in [2.05, 4.69) is 25.0 Å². The lowest BCUT2D eigenvalue weighted by atomic mass is 9.72. The normalized spacial score (nSPS) is 22.8. The number of benzene rings is 1. The molecule has 1 amide bonds. The monoisotopic (exact) mass is 687 g/mol. The number of ether oxygens (including phenoxy) is 1. The van der Waals surface area contributed by atoms with Gasteiger partial charge in [-0.2, -0.15) is 17.0 Å². The van der Waals surface area contributed by atoms with Crippen molar-refractivity contribution in [2.75, 3.05) is 63.8 Å². The van der Waals surface area contributed by atoms with E-state index in [1.807, 2.05) is 27.7 Å². The number of piperidine rings is 2. The molecule has 4 saturated heterocycles. The molecule has 4 aliphatic heterocycles. The van der Waals surface area contributed by atoms with E-state index < -0.39 is 16.0 Å². The number of carbonyl (C=O) groups is 1. The highest BCUT2D eigenvalue weighted by Crippen LogP contribution is 2.44. The molecule has 1 spiro atoms. The fraction of sp³-hybridized carbons (Fsp3) is 0.697. The molecule has 0 aliphatic carbocycles. The van der Waals surface area contributed by atoms with Crippen molar-refractivity contribution in [1.82, 2.24) is 33.6 Å². The molecule has 15 heteroatoms. The maximum absolute atomic E-state index is 14.4. The van der Waals surface area contributed by atoms with Crippen LogP contribution in [0.25, 0.3) is 0 Å². The quantitative estimate of drug-likeness (QED) is 0.397. The molecule has 2 N–H and O–H groups in total. The van der Waals surface area contributed by atoms with E-state index in [1.54, 1.807) is 13.5 Å². The summed E-state index contributed by atoms with van der Waals surface area (Å²) in [6.45, 7) is 14.4. The lowest BCUT2D eigenvalue weighted by Gasteiger charge is -2.54. The molecule has 264 valence electrons. The minimum Gasteiger partial charge on any atom is -0.434 e.